The van der Waals surface area contributed by atoms with E-state index in [1.807, 2.05) is 48.5 Å². The molecular formula is C25H30N2O3S. The van der Waals surface area contributed by atoms with Gasteiger partial charge in [0, 0.05) is 18.6 Å². The number of amides is 1. The quantitative estimate of drug-likeness (QED) is 0.673. The number of aryl methyl sites for hydroxylation is 1. The van der Waals surface area contributed by atoms with Gasteiger partial charge in [0.05, 0.1) is 11.8 Å². The first kappa shape index (κ1) is 23.0. The fraction of sp³-hybridized carbons (Fsp3) is 0.440. The molecule has 1 amide bonds. The van der Waals surface area contributed by atoms with Gasteiger partial charge in [0.1, 0.15) is 15.9 Å². The third-order valence-corrected chi connectivity index (χ3v) is 6.81. The van der Waals surface area contributed by atoms with Crippen molar-refractivity contribution < 1.29 is 13.2 Å². The molecule has 1 N–H and O–H groups in total. The van der Waals surface area contributed by atoms with E-state index in [4.69, 9.17) is 0 Å². The Hall–Kier alpha value is -2.65. The molecular weight excluding hydrogens is 408 g/mol. The third-order valence-electron chi connectivity index (χ3n) is 5.86. The monoisotopic (exact) mass is 438 g/mol. The molecule has 0 saturated heterocycles. The van der Waals surface area contributed by atoms with Crippen molar-refractivity contribution in [1.29, 1.82) is 5.26 Å². The zero-order chi connectivity index (χ0) is 22.3. The van der Waals surface area contributed by atoms with Crippen LogP contribution in [0.25, 0.3) is 11.1 Å². The topological polar surface area (TPSA) is 87.0 Å². The summed E-state index contributed by atoms with van der Waals surface area (Å²) in [5.41, 5.74) is 4.04. The van der Waals surface area contributed by atoms with Crippen molar-refractivity contribution >= 4 is 15.7 Å². The van der Waals surface area contributed by atoms with Crippen molar-refractivity contribution in [3.8, 4) is 17.2 Å². The van der Waals surface area contributed by atoms with Crippen molar-refractivity contribution in [3.05, 3.63) is 59.7 Å². The van der Waals surface area contributed by atoms with Crippen LogP contribution in [0.15, 0.2) is 48.5 Å². The number of nitriles is 1. The molecule has 1 fully saturated rings. The second kappa shape index (κ2) is 10.6. The molecule has 0 heterocycles. The molecule has 0 unspecified atom stereocenters. The first-order valence-corrected chi connectivity index (χ1v) is 13.0. The number of carbonyl (C=O) groups excluding carboxylic acids is 1. The molecule has 1 aliphatic rings. The highest BCUT2D eigenvalue weighted by Gasteiger charge is 2.23. The van der Waals surface area contributed by atoms with Gasteiger partial charge in [-0.1, -0.05) is 67.8 Å². The van der Waals surface area contributed by atoms with Crippen molar-refractivity contribution in [2.45, 2.75) is 51.0 Å². The SMILES string of the molecule is CS(=O)(=O)CCc1cccc(-c2ccc(C[C@@H](C#N)NC(=O)C3CCCCC3)cc2)c1. The highest BCUT2D eigenvalue weighted by atomic mass is 32.2. The Morgan fingerprint density at radius 3 is 2.42 bits per heavy atom. The number of hydrogen-bond acceptors (Lipinski definition) is 4. The molecule has 0 bridgehead atoms. The molecule has 0 radical (unpaired) electrons. The van der Waals surface area contributed by atoms with Crippen molar-refractivity contribution in [2.75, 3.05) is 12.0 Å². The summed E-state index contributed by atoms with van der Waals surface area (Å²) in [5.74, 6) is 0.188. The Morgan fingerprint density at radius 1 is 1.06 bits per heavy atom. The number of benzene rings is 2. The fourth-order valence-corrected chi connectivity index (χ4v) is 4.67. The molecule has 1 aliphatic carbocycles. The summed E-state index contributed by atoms with van der Waals surface area (Å²) in [4.78, 5) is 12.4. The normalized spacial score (nSPS) is 15.7. The molecule has 1 saturated carbocycles. The van der Waals surface area contributed by atoms with Gasteiger partial charge in [-0.25, -0.2) is 8.42 Å². The lowest BCUT2D eigenvalue weighted by atomic mass is 9.88. The highest BCUT2D eigenvalue weighted by molar-refractivity contribution is 7.90. The van der Waals surface area contributed by atoms with Crippen LogP contribution in [0, 0.1) is 17.2 Å². The zero-order valence-electron chi connectivity index (χ0n) is 18.0. The van der Waals surface area contributed by atoms with Gasteiger partial charge in [-0.15, -0.1) is 0 Å². The van der Waals surface area contributed by atoms with Crippen LogP contribution in [-0.2, 0) is 27.5 Å². The lowest BCUT2D eigenvalue weighted by Crippen LogP contribution is -2.40. The molecule has 6 heteroatoms. The van der Waals surface area contributed by atoms with Crippen LogP contribution in [0.4, 0.5) is 0 Å². The van der Waals surface area contributed by atoms with E-state index in [1.54, 1.807) is 0 Å². The summed E-state index contributed by atoms with van der Waals surface area (Å²) in [7, 11) is -2.99. The number of nitrogens with zero attached hydrogens (tertiary/aromatic N) is 1. The maximum atomic E-state index is 12.4. The van der Waals surface area contributed by atoms with Crippen molar-refractivity contribution in [3.63, 3.8) is 0 Å². The number of sulfone groups is 1. The Morgan fingerprint density at radius 2 is 1.77 bits per heavy atom. The number of nitrogens with one attached hydrogen (secondary N) is 1. The largest absolute Gasteiger partial charge is 0.340 e. The van der Waals surface area contributed by atoms with E-state index in [0.29, 0.717) is 12.8 Å². The summed E-state index contributed by atoms with van der Waals surface area (Å²) >= 11 is 0. The highest BCUT2D eigenvalue weighted by Crippen LogP contribution is 2.24. The molecule has 2 aromatic carbocycles. The van der Waals surface area contributed by atoms with Crippen LogP contribution in [0.2, 0.25) is 0 Å². The second-order valence-corrected chi connectivity index (χ2v) is 10.8. The molecule has 0 aromatic heterocycles. The number of rotatable bonds is 8. The number of carbonyl (C=O) groups is 1. The van der Waals surface area contributed by atoms with Gasteiger partial charge in [-0.2, -0.15) is 5.26 Å². The summed E-state index contributed by atoms with van der Waals surface area (Å²) in [6.45, 7) is 0. The van der Waals surface area contributed by atoms with Gasteiger partial charge in [0.25, 0.3) is 0 Å². The maximum absolute atomic E-state index is 12.4. The predicted molar refractivity (Wildman–Crippen MR) is 123 cm³/mol. The minimum Gasteiger partial charge on any atom is -0.340 e. The number of hydrogen-bond donors (Lipinski definition) is 1. The van der Waals surface area contributed by atoms with E-state index in [0.717, 1.165) is 47.9 Å². The lowest BCUT2D eigenvalue weighted by molar-refractivity contribution is -0.126. The minimum atomic E-state index is -2.99. The molecule has 0 spiro atoms. The first-order chi connectivity index (χ1) is 14.8. The second-order valence-electron chi connectivity index (χ2n) is 8.51. The smallest absolute Gasteiger partial charge is 0.224 e. The molecule has 5 nitrogen and oxygen atoms in total. The van der Waals surface area contributed by atoms with E-state index in [2.05, 4.69) is 11.4 Å². The Balaban J connectivity index is 1.61. The van der Waals surface area contributed by atoms with Crippen LogP contribution in [0.3, 0.4) is 0 Å². The Labute approximate surface area is 185 Å². The van der Waals surface area contributed by atoms with Crippen LogP contribution in [0.1, 0.15) is 43.2 Å². The molecule has 31 heavy (non-hydrogen) atoms. The summed E-state index contributed by atoms with van der Waals surface area (Å²) in [6.07, 6.45) is 7.43. The van der Waals surface area contributed by atoms with Gasteiger partial charge in [0.15, 0.2) is 0 Å². The van der Waals surface area contributed by atoms with E-state index in [9.17, 15) is 18.5 Å². The van der Waals surface area contributed by atoms with Gasteiger partial charge in [-0.05, 0) is 41.5 Å². The van der Waals surface area contributed by atoms with E-state index >= 15 is 0 Å². The van der Waals surface area contributed by atoms with Crippen molar-refractivity contribution in [2.24, 2.45) is 5.92 Å². The van der Waals surface area contributed by atoms with E-state index in [1.165, 1.54) is 12.7 Å². The molecule has 164 valence electrons. The Bertz CT molecular complexity index is 1030. The van der Waals surface area contributed by atoms with Gasteiger partial charge in [-0.3, -0.25) is 4.79 Å². The fourth-order valence-electron chi connectivity index (χ4n) is 4.06. The third kappa shape index (κ3) is 7.22. The van der Waals surface area contributed by atoms with Crippen LogP contribution in [0.5, 0.6) is 0 Å². The average molecular weight is 439 g/mol. The maximum Gasteiger partial charge on any atom is 0.224 e. The molecule has 2 aromatic rings. The average Bonchev–Trinajstić information content (AvgIpc) is 2.78. The van der Waals surface area contributed by atoms with Crippen LogP contribution >= 0.6 is 0 Å². The molecule has 0 aliphatic heterocycles. The van der Waals surface area contributed by atoms with Crippen molar-refractivity contribution in [1.82, 2.24) is 5.32 Å². The van der Waals surface area contributed by atoms with Gasteiger partial charge < -0.3 is 5.32 Å². The zero-order valence-corrected chi connectivity index (χ0v) is 18.8. The van der Waals surface area contributed by atoms with Crippen LogP contribution in [-0.4, -0.2) is 32.4 Å². The Kier molecular flexibility index (Phi) is 7.86. The molecule has 3 rings (SSSR count). The molecule has 1 atom stereocenters. The van der Waals surface area contributed by atoms with E-state index in [-0.39, 0.29) is 17.6 Å². The van der Waals surface area contributed by atoms with Crippen LogP contribution < -0.4 is 5.32 Å². The lowest BCUT2D eigenvalue weighted by Gasteiger charge is -2.22. The standard InChI is InChI=1S/C25H30N2O3S/c1-31(29,30)15-14-19-6-5-9-23(16-19)21-12-10-20(11-13-21)17-24(18-26)27-25(28)22-7-3-2-4-8-22/h5-6,9-13,16,22,24H,2-4,7-8,14-15,17H2,1H3,(H,27,28)/t24-/m0/s1. The van der Waals surface area contributed by atoms with E-state index < -0.39 is 15.9 Å². The van der Waals surface area contributed by atoms with Gasteiger partial charge in [0.2, 0.25) is 5.91 Å². The summed E-state index contributed by atoms with van der Waals surface area (Å²) < 4.78 is 22.8. The summed E-state index contributed by atoms with van der Waals surface area (Å²) in [5, 5.41) is 12.4. The minimum absolute atomic E-state index is 0.00813. The van der Waals surface area contributed by atoms with Gasteiger partial charge >= 0.3 is 0 Å². The predicted octanol–water partition coefficient (Wildman–Crippen LogP) is 4.07. The summed E-state index contributed by atoms with van der Waals surface area (Å²) in [6, 6.07) is 17.6. The first-order valence-electron chi connectivity index (χ1n) is 10.9.